The van der Waals surface area contributed by atoms with Crippen molar-refractivity contribution in [3.05, 3.63) is 35.9 Å². The Morgan fingerprint density at radius 2 is 1.56 bits per heavy atom. The number of carbonyl (C=O) groups is 1. The molecule has 27 heavy (non-hydrogen) atoms. The summed E-state index contributed by atoms with van der Waals surface area (Å²) < 4.78 is 5.48. The van der Waals surface area contributed by atoms with Crippen LogP contribution in [0.25, 0.3) is 0 Å². The number of amides is 1. The number of hydrogen-bond donors (Lipinski definition) is 1. The largest absolute Gasteiger partial charge is 0.444 e. The van der Waals surface area contributed by atoms with Gasteiger partial charge in [0, 0.05) is 31.7 Å². The molecule has 2 aliphatic rings. The van der Waals surface area contributed by atoms with Crippen LogP contribution >= 0.6 is 0 Å². The minimum Gasteiger partial charge on any atom is -0.444 e. The van der Waals surface area contributed by atoms with Gasteiger partial charge < -0.3 is 15.0 Å². The smallest absolute Gasteiger partial charge is 0.410 e. The van der Waals surface area contributed by atoms with Crippen LogP contribution in [-0.4, -0.2) is 59.8 Å². The number of rotatable bonds is 4. The lowest BCUT2D eigenvalue weighted by Crippen LogP contribution is -2.51. The molecule has 0 aromatic heterocycles. The van der Waals surface area contributed by atoms with Crippen LogP contribution < -0.4 is 5.32 Å². The molecule has 0 saturated carbocycles. The highest BCUT2D eigenvalue weighted by atomic mass is 16.6. The van der Waals surface area contributed by atoms with E-state index in [1.165, 1.54) is 18.4 Å². The molecule has 1 aromatic rings. The second kappa shape index (κ2) is 9.07. The number of hydrogen-bond acceptors (Lipinski definition) is 4. The van der Waals surface area contributed by atoms with E-state index < -0.39 is 5.60 Å². The van der Waals surface area contributed by atoms with E-state index in [4.69, 9.17) is 4.74 Å². The van der Waals surface area contributed by atoms with Crippen LogP contribution in [0.4, 0.5) is 4.79 Å². The molecule has 0 atom stereocenters. The third-order valence-corrected chi connectivity index (χ3v) is 5.45. The van der Waals surface area contributed by atoms with Gasteiger partial charge in [-0.2, -0.15) is 0 Å². The molecule has 0 bridgehead atoms. The molecule has 5 heteroatoms. The molecular weight excluding hydrogens is 338 g/mol. The summed E-state index contributed by atoms with van der Waals surface area (Å²) in [5.41, 5.74) is 0.985. The highest BCUT2D eigenvalue weighted by Crippen LogP contribution is 2.19. The van der Waals surface area contributed by atoms with E-state index in [1.54, 1.807) is 0 Å². The van der Waals surface area contributed by atoms with Crippen LogP contribution in [0.15, 0.2) is 30.3 Å². The Kier molecular flexibility index (Phi) is 6.77. The van der Waals surface area contributed by atoms with Gasteiger partial charge in [-0.05, 0) is 65.1 Å². The lowest BCUT2D eigenvalue weighted by Gasteiger charge is -2.38. The van der Waals surface area contributed by atoms with Crippen molar-refractivity contribution in [2.45, 2.75) is 70.7 Å². The predicted octanol–water partition coefficient (Wildman–Crippen LogP) is 3.64. The van der Waals surface area contributed by atoms with E-state index in [2.05, 4.69) is 40.5 Å². The molecule has 0 aliphatic carbocycles. The van der Waals surface area contributed by atoms with Gasteiger partial charge in [0.25, 0.3) is 0 Å². The normalized spacial score (nSPS) is 20.6. The zero-order valence-corrected chi connectivity index (χ0v) is 17.1. The van der Waals surface area contributed by atoms with Crippen LogP contribution in [0, 0.1) is 0 Å². The van der Waals surface area contributed by atoms with Crippen molar-refractivity contribution < 1.29 is 9.53 Å². The number of nitrogens with zero attached hydrogens (tertiary/aromatic N) is 2. The number of likely N-dealkylation sites (tertiary alicyclic amines) is 2. The highest BCUT2D eigenvalue weighted by Gasteiger charge is 2.28. The van der Waals surface area contributed by atoms with Crippen LogP contribution in [0.5, 0.6) is 0 Å². The van der Waals surface area contributed by atoms with Gasteiger partial charge >= 0.3 is 6.09 Å². The number of nitrogens with one attached hydrogen (secondary N) is 1. The maximum atomic E-state index is 12.2. The fourth-order valence-corrected chi connectivity index (χ4v) is 3.99. The number of piperidine rings is 2. The molecule has 0 spiro atoms. The summed E-state index contributed by atoms with van der Waals surface area (Å²) in [5, 5.41) is 3.84. The van der Waals surface area contributed by atoms with Crippen molar-refractivity contribution in [2.75, 3.05) is 26.2 Å². The summed E-state index contributed by atoms with van der Waals surface area (Å²) >= 11 is 0. The summed E-state index contributed by atoms with van der Waals surface area (Å²) in [6.07, 6.45) is 4.28. The molecule has 2 saturated heterocycles. The Labute approximate surface area is 164 Å². The third kappa shape index (κ3) is 6.51. The van der Waals surface area contributed by atoms with E-state index in [0.717, 1.165) is 45.6 Å². The maximum Gasteiger partial charge on any atom is 0.410 e. The van der Waals surface area contributed by atoms with E-state index in [0.29, 0.717) is 12.1 Å². The second-order valence-corrected chi connectivity index (χ2v) is 8.94. The first-order valence-electron chi connectivity index (χ1n) is 10.4. The third-order valence-electron chi connectivity index (χ3n) is 5.45. The zero-order valence-electron chi connectivity index (χ0n) is 17.1. The van der Waals surface area contributed by atoms with Gasteiger partial charge in [-0.15, -0.1) is 0 Å². The molecule has 1 amide bonds. The van der Waals surface area contributed by atoms with Crippen molar-refractivity contribution in [1.82, 2.24) is 15.1 Å². The van der Waals surface area contributed by atoms with Crippen LogP contribution in [0.3, 0.4) is 0 Å². The molecule has 2 heterocycles. The Hall–Kier alpha value is -1.59. The van der Waals surface area contributed by atoms with Crippen LogP contribution in [-0.2, 0) is 11.3 Å². The molecule has 1 N–H and O–H groups in total. The Balaban J connectivity index is 1.35. The summed E-state index contributed by atoms with van der Waals surface area (Å²) in [6, 6.07) is 11.9. The number of carbonyl (C=O) groups excluding carboxylic acids is 1. The van der Waals surface area contributed by atoms with E-state index in [1.807, 2.05) is 25.7 Å². The topological polar surface area (TPSA) is 44.8 Å². The quantitative estimate of drug-likeness (QED) is 0.875. The molecule has 2 fully saturated rings. The lowest BCUT2D eigenvalue weighted by molar-refractivity contribution is 0.0193. The fourth-order valence-electron chi connectivity index (χ4n) is 3.99. The molecule has 150 valence electrons. The van der Waals surface area contributed by atoms with Crippen molar-refractivity contribution in [2.24, 2.45) is 0 Å². The van der Waals surface area contributed by atoms with Gasteiger partial charge in [0.2, 0.25) is 0 Å². The number of ether oxygens (including phenoxy) is 1. The molecule has 0 radical (unpaired) electrons. The monoisotopic (exact) mass is 373 g/mol. The van der Waals surface area contributed by atoms with Gasteiger partial charge in [-0.1, -0.05) is 30.3 Å². The fraction of sp³-hybridized carbons (Fsp3) is 0.682. The van der Waals surface area contributed by atoms with Crippen molar-refractivity contribution in [1.29, 1.82) is 0 Å². The van der Waals surface area contributed by atoms with Gasteiger partial charge in [0.15, 0.2) is 0 Å². The standard InChI is InChI=1S/C22H35N3O2/c1-22(2,3)27-21(26)25-15-11-20(12-16-25)23-19-9-13-24(14-10-19)17-18-7-5-4-6-8-18/h4-8,19-20,23H,9-17H2,1-3H3. The zero-order chi connectivity index (χ0) is 19.3. The summed E-state index contributed by atoms with van der Waals surface area (Å²) in [4.78, 5) is 16.6. The van der Waals surface area contributed by atoms with E-state index >= 15 is 0 Å². The molecule has 3 rings (SSSR count). The highest BCUT2D eigenvalue weighted by molar-refractivity contribution is 5.68. The summed E-state index contributed by atoms with van der Waals surface area (Å²) in [5.74, 6) is 0. The molecule has 0 unspecified atom stereocenters. The van der Waals surface area contributed by atoms with Gasteiger partial charge in [-0.3, -0.25) is 4.90 Å². The average Bonchev–Trinajstić information content (AvgIpc) is 2.63. The Morgan fingerprint density at radius 1 is 1.00 bits per heavy atom. The average molecular weight is 374 g/mol. The van der Waals surface area contributed by atoms with Gasteiger partial charge in [-0.25, -0.2) is 4.79 Å². The van der Waals surface area contributed by atoms with Crippen LogP contribution in [0.2, 0.25) is 0 Å². The first-order valence-corrected chi connectivity index (χ1v) is 10.4. The van der Waals surface area contributed by atoms with Gasteiger partial charge in [0.1, 0.15) is 5.60 Å². The Morgan fingerprint density at radius 3 is 2.11 bits per heavy atom. The maximum absolute atomic E-state index is 12.2. The van der Waals surface area contributed by atoms with Crippen LogP contribution in [0.1, 0.15) is 52.0 Å². The second-order valence-electron chi connectivity index (χ2n) is 8.94. The predicted molar refractivity (Wildman–Crippen MR) is 109 cm³/mol. The molecule has 5 nitrogen and oxygen atoms in total. The van der Waals surface area contributed by atoms with E-state index in [9.17, 15) is 4.79 Å². The Bertz CT molecular complexity index is 583. The minimum absolute atomic E-state index is 0.171. The summed E-state index contributed by atoms with van der Waals surface area (Å²) in [7, 11) is 0. The molecular formula is C22H35N3O2. The van der Waals surface area contributed by atoms with Crippen molar-refractivity contribution in [3.63, 3.8) is 0 Å². The lowest BCUT2D eigenvalue weighted by atomic mass is 9.99. The first-order chi connectivity index (χ1) is 12.9. The summed E-state index contributed by atoms with van der Waals surface area (Å²) in [6.45, 7) is 10.7. The van der Waals surface area contributed by atoms with Crippen molar-refractivity contribution in [3.8, 4) is 0 Å². The number of benzene rings is 1. The van der Waals surface area contributed by atoms with E-state index in [-0.39, 0.29) is 6.09 Å². The molecule has 2 aliphatic heterocycles. The SMILES string of the molecule is CC(C)(C)OC(=O)N1CCC(NC2CCN(Cc3ccccc3)CC2)CC1. The molecule has 1 aromatic carbocycles. The van der Waals surface area contributed by atoms with Crippen molar-refractivity contribution >= 4 is 6.09 Å². The first kappa shape index (κ1) is 20.2. The minimum atomic E-state index is -0.417. The van der Waals surface area contributed by atoms with Gasteiger partial charge in [0.05, 0.1) is 0 Å².